The zero-order chi connectivity index (χ0) is 8.74. The molecule has 9 heavy (non-hydrogen) atoms. The summed E-state index contributed by atoms with van der Waals surface area (Å²) in [6.45, 7) is -0.459. The SMILES string of the molecule is [2H]C([2H])(O)C#CCC#CCC. The van der Waals surface area contributed by atoms with Crippen LogP contribution in [0.2, 0.25) is 0 Å². The molecule has 0 heterocycles. The van der Waals surface area contributed by atoms with Gasteiger partial charge >= 0.3 is 0 Å². The fourth-order valence-electron chi connectivity index (χ4n) is 0.315. The van der Waals surface area contributed by atoms with Gasteiger partial charge < -0.3 is 5.11 Å². The Morgan fingerprint density at radius 1 is 1.33 bits per heavy atom. The van der Waals surface area contributed by atoms with Crippen molar-refractivity contribution in [3.63, 3.8) is 0 Å². The van der Waals surface area contributed by atoms with E-state index in [1.54, 1.807) is 0 Å². The Labute approximate surface area is 58.9 Å². The maximum absolute atomic E-state index is 8.49. The van der Waals surface area contributed by atoms with Crippen LogP contribution in [0.15, 0.2) is 0 Å². The normalized spacial score (nSPS) is 11.3. The Hall–Kier alpha value is -0.920. The predicted octanol–water partition coefficient (Wildman–Crippen LogP) is 0.786. The fraction of sp³-hybridized carbons (Fsp3) is 0.500. The molecule has 0 saturated heterocycles. The number of hydrogen-bond acceptors (Lipinski definition) is 1. The molecule has 1 N–H and O–H groups in total. The van der Waals surface area contributed by atoms with Crippen LogP contribution in [0.5, 0.6) is 0 Å². The Kier molecular flexibility index (Phi) is 3.86. The fourth-order valence-corrected chi connectivity index (χ4v) is 0.315. The Morgan fingerprint density at radius 3 is 2.56 bits per heavy atom. The summed E-state index contributed by atoms with van der Waals surface area (Å²) in [5.74, 6) is 9.91. The van der Waals surface area contributed by atoms with Crippen molar-refractivity contribution in [2.75, 3.05) is 6.56 Å². The molecule has 0 rings (SSSR count). The third kappa shape index (κ3) is 7.08. The summed E-state index contributed by atoms with van der Waals surface area (Å²) < 4.78 is 13.2. The zero-order valence-electron chi connectivity index (χ0n) is 7.36. The lowest BCUT2D eigenvalue weighted by molar-refractivity contribution is 0.350. The molecule has 0 unspecified atom stereocenters. The van der Waals surface area contributed by atoms with Crippen LogP contribution in [0.1, 0.15) is 22.5 Å². The second-order valence-corrected chi connectivity index (χ2v) is 1.30. The van der Waals surface area contributed by atoms with E-state index in [0.717, 1.165) is 6.42 Å². The molecule has 1 heteroatoms. The minimum Gasteiger partial charge on any atom is -0.384 e. The van der Waals surface area contributed by atoms with E-state index in [0.29, 0.717) is 6.42 Å². The quantitative estimate of drug-likeness (QED) is 0.473. The van der Waals surface area contributed by atoms with Gasteiger partial charge in [0.2, 0.25) is 0 Å². The van der Waals surface area contributed by atoms with Crippen molar-refractivity contribution in [2.24, 2.45) is 0 Å². The second-order valence-electron chi connectivity index (χ2n) is 1.30. The van der Waals surface area contributed by atoms with E-state index in [2.05, 4.69) is 17.8 Å². The first-order chi connectivity index (χ1) is 5.06. The standard InChI is InChI=1S/C8H10O/c1-2-3-4-5-6-7-8-9/h9H,2,5,8H2,1H3/i8D2. The minimum atomic E-state index is -2.38. The summed E-state index contributed by atoms with van der Waals surface area (Å²) in [5, 5.41) is 8.49. The largest absolute Gasteiger partial charge is 0.384 e. The molecular weight excluding hydrogens is 112 g/mol. The van der Waals surface area contributed by atoms with Crippen molar-refractivity contribution >= 4 is 0 Å². The maximum Gasteiger partial charge on any atom is 0.104 e. The van der Waals surface area contributed by atoms with Crippen molar-refractivity contribution < 1.29 is 7.85 Å². The Morgan fingerprint density at radius 2 is 2.00 bits per heavy atom. The van der Waals surface area contributed by atoms with E-state index >= 15 is 0 Å². The van der Waals surface area contributed by atoms with E-state index in [9.17, 15) is 0 Å². The molecule has 0 spiro atoms. The van der Waals surface area contributed by atoms with Crippen LogP contribution >= 0.6 is 0 Å². The average Bonchev–Trinajstić information content (AvgIpc) is 1.85. The van der Waals surface area contributed by atoms with Crippen molar-refractivity contribution in [2.45, 2.75) is 19.8 Å². The third-order valence-corrected chi connectivity index (χ3v) is 0.623. The van der Waals surface area contributed by atoms with Gasteiger partial charge in [0.1, 0.15) is 6.56 Å². The molecule has 1 nitrogen and oxygen atoms in total. The van der Waals surface area contributed by atoms with Crippen LogP contribution in [0.25, 0.3) is 0 Å². The molecule has 0 atom stereocenters. The molecule has 0 bridgehead atoms. The molecule has 0 aromatic rings. The summed E-state index contributed by atoms with van der Waals surface area (Å²) >= 11 is 0. The Bertz CT molecular complexity index is 218. The summed E-state index contributed by atoms with van der Waals surface area (Å²) in [4.78, 5) is 0. The van der Waals surface area contributed by atoms with Gasteiger partial charge in [-0.15, -0.1) is 5.92 Å². The van der Waals surface area contributed by atoms with Crippen LogP contribution in [0, 0.1) is 23.7 Å². The van der Waals surface area contributed by atoms with Gasteiger partial charge in [0.15, 0.2) is 0 Å². The molecule has 0 aromatic carbocycles. The van der Waals surface area contributed by atoms with Gasteiger partial charge in [0.05, 0.1) is 9.16 Å². The van der Waals surface area contributed by atoms with Crippen LogP contribution < -0.4 is 0 Å². The highest BCUT2D eigenvalue weighted by atomic mass is 16.2. The summed E-state index contributed by atoms with van der Waals surface area (Å²) in [6.07, 6.45) is 1.08. The Balaban J connectivity index is 3.74. The molecular formula is C8H10O. The van der Waals surface area contributed by atoms with Gasteiger partial charge in [-0.2, -0.15) is 0 Å². The average molecular weight is 124 g/mol. The lowest BCUT2D eigenvalue weighted by Crippen LogP contribution is -1.70. The van der Waals surface area contributed by atoms with Gasteiger partial charge in [0.25, 0.3) is 0 Å². The monoisotopic (exact) mass is 124 g/mol. The molecule has 0 aliphatic rings. The number of rotatable bonds is 0. The molecule has 0 aliphatic carbocycles. The molecule has 0 saturated carbocycles. The van der Waals surface area contributed by atoms with Gasteiger partial charge in [-0.05, 0) is 0 Å². The predicted molar refractivity (Wildman–Crippen MR) is 37.5 cm³/mol. The molecule has 48 valence electrons. The topological polar surface area (TPSA) is 20.2 Å². The lowest BCUT2D eigenvalue weighted by atomic mass is 10.4. The minimum absolute atomic E-state index is 0.313. The molecule has 0 aliphatic heterocycles. The maximum atomic E-state index is 8.49. The molecule has 0 radical (unpaired) electrons. The van der Waals surface area contributed by atoms with Crippen LogP contribution in [-0.2, 0) is 0 Å². The smallest absolute Gasteiger partial charge is 0.104 e. The van der Waals surface area contributed by atoms with E-state index < -0.39 is 6.56 Å². The van der Waals surface area contributed by atoms with Crippen molar-refractivity contribution in [1.29, 1.82) is 0 Å². The van der Waals surface area contributed by atoms with Crippen LogP contribution in [0.4, 0.5) is 0 Å². The van der Waals surface area contributed by atoms with E-state index in [1.807, 2.05) is 12.8 Å². The zero-order valence-corrected chi connectivity index (χ0v) is 5.36. The first-order valence-electron chi connectivity index (χ1n) is 3.74. The highest BCUT2D eigenvalue weighted by molar-refractivity contribution is 5.11. The van der Waals surface area contributed by atoms with Crippen LogP contribution in [-0.4, -0.2) is 11.7 Å². The number of aliphatic hydroxyl groups is 1. The van der Waals surface area contributed by atoms with E-state index in [4.69, 9.17) is 7.85 Å². The molecule has 0 aromatic heterocycles. The van der Waals surface area contributed by atoms with Gasteiger partial charge in [-0.3, -0.25) is 0 Å². The lowest BCUT2D eigenvalue weighted by Gasteiger charge is -1.70. The van der Waals surface area contributed by atoms with Crippen LogP contribution in [0.3, 0.4) is 0 Å². The first-order valence-corrected chi connectivity index (χ1v) is 2.74. The first kappa shape index (κ1) is 4.91. The van der Waals surface area contributed by atoms with Gasteiger partial charge in [-0.25, -0.2) is 0 Å². The van der Waals surface area contributed by atoms with Crippen molar-refractivity contribution in [3.8, 4) is 23.7 Å². The third-order valence-electron chi connectivity index (χ3n) is 0.623. The van der Waals surface area contributed by atoms with Crippen molar-refractivity contribution in [3.05, 3.63) is 0 Å². The molecule has 0 amide bonds. The van der Waals surface area contributed by atoms with E-state index in [-0.39, 0.29) is 0 Å². The summed E-state index contributed by atoms with van der Waals surface area (Å²) in [7, 11) is 0. The summed E-state index contributed by atoms with van der Waals surface area (Å²) in [6, 6.07) is 0. The van der Waals surface area contributed by atoms with E-state index in [1.165, 1.54) is 0 Å². The highest BCUT2D eigenvalue weighted by Crippen LogP contribution is 1.72. The highest BCUT2D eigenvalue weighted by Gasteiger charge is 1.64. The number of hydrogen-bond donors (Lipinski definition) is 1. The van der Waals surface area contributed by atoms with Crippen molar-refractivity contribution in [1.82, 2.24) is 0 Å². The summed E-state index contributed by atoms with van der Waals surface area (Å²) in [5.41, 5.74) is 0. The molecule has 0 fully saturated rings. The van der Waals surface area contributed by atoms with Gasteiger partial charge in [-0.1, -0.05) is 24.7 Å². The second kappa shape index (κ2) is 7.08. The van der Waals surface area contributed by atoms with Gasteiger partial charge in [0, 0.05) is 6.42 Å².